The van der Waals surface area contributed by atoms with E-state index in [4.69, 9.17) is 21.1 Å². The molecule has 1 saturated heterocycles. The van der Waals surface area contributed by atoms with Crippen molar-refractivity contribution in [3.63, 3.8) is 0 Å². The third-order valence-corrected chi connectivity index (χ3v) is 4.60. The second-order valence-corrected chi connectivity index (χ2v) is 6.53. The highest BCUT2D eigenvalue weighted by molar-refractivity contribution is 6.32. The number of para-hydroxylation sites is 1. The quantitative estimate of drug-likeness (QED) is 0.789. The van der Waals surface area contributed by atoms with Gasteiger partial charge in [0.1, 0.15) is 12.4 Å². The smallest absolute Gasteiger partial charge is 0.410 e. The van der Waals surface area contributed by atoms with Gasteiger partial charge >= 0.3 is 6.09 Å². The second-order valence-electron chi connectivity index (χ2n) is 6.13. The minimum Gasteiger partial charge on any atom is -0.482 e. The summed E-state index contributed by atoms with van der Waals surface area (Å²) >= 11 is 6.01. The molecule has 1 fully saturated rings. The Labute approximate surface area is 163 Å². The van der Waals surface area contributed by atoms with Gasteiger partial charge in [0.05, 0.1) is 5.02 Å². The van der Waals surface area contributed by atoms with Crippen LogP contribution in [-0.2, 0) is 16.1 Å². The number of carbonyl (C=O) groups excluding carboxylic acids is 2. The number of nitrogens with zero attached hydrogens (tertiary/aromatic N) is 2. The molecule has 2 aromatic carbocycles. The molecular formula is C20H21ClN2O4. The number of halogens is 1. The van der Waals surface area contributed by atoms with Crippen LogP contribution in [-0.4, -0.2) is 54.6 Å². The van der Waals surface area contributed by atoms with Crippen LogP contribution in [0.25, 0.3) is 0 Å². The molecule has 0 unspecified atom stereocenters. The van der Waals surface area contributed by atoms with E-state index in [2.05, 4.69) is 0 Å². The van der Waals surface area contributed by atoms with Crippen LogP contribution in [0.4, 0.5) is 4.79 Å². The van der Waals surface area contributed by atoms with Gasteiger partial charge in [0.2, 0.25) is 0 Å². The Bertz CT molecular complexity index is 777. The van der Waals surface area contributed by atoms with Crippen molar-refractivity contribution in [3.8, 4) is 5.75 Å². The largest absolute Gasteiger partial charge is 0.482 e. The first-order chi connectivity index (χ1) is 13.1. The molecule has 0 bridgehead atoms. The molecule has 0 saturated carbocycles. The molecule has 2 aromatic rings. The fraction of sp³-hybridized carbons (Fsp3) is 0.300. The van der Waals surface area contributed by atoms with Crippen LogP contribution in [0.2, 0.25) is 5.02 Å². The molecule has 0 aromatic heterocycles. The van der Waals surface area contributed by atoms with Crippen molar-refractivity contribution in [2.45, 2.75) is 6.61 Å². The summed E-state index contributed by atoms with van der Waals surface area (Å²) in [6, 6.07) is 16.6. The molecule has 6 nitrogen and oxygen atoms in total. The summed E-state index contributed by atoms with van der Waals surface area (Å²) in [6.45, 7) is 1.93. The Morgan fingerprint density at radius 3 is 2.22 bits per heavy atom. The lowest BCUT2D eigenvalue weighted by atomic mass is 10.2. The Morgan fingerprint density at radius 2 is 1.52 bits per heavy atom. The van der Waals surface area contributed by atoms with E-state index in [1.54, 1.807) is 34.1 Å². The summed E-state index contributed by atoms with van der Waals surface area (Å²) in [5, 5.41) is 0.469. The van der Waals surface area contributed by atoms with Crippen molar-refractivity contribution in [3.05, 3.63) is 65.2 Å². The molecule has 142 valence electrons. The molecule has 0 N–H and O–H groups in total. The van der Waals surface area contributed by atoms with Crippen molar-refractivity contribution in [1.29, 1.82) is 0 Å². The van der Waals surface area contributed by atoms with Crippen molar-refractivity contribution >= 4 is 23.6 Å². The van der Waals surface area contributed by atoms with E-state index in [-0.39, 0.29) is 25.2 Å². The van der Waals surface area contributed by atoms with Crippen molar-refractivity contribution in [2.24, 2.45) is 0 Å². The predicted molar refractivity (Wildman–Crippen MR) is 102 cm³/mol. The summed E-state index contributed by atoms with van der Waals surface area (Å²) in [6.07, 6.45) is -0.363. The molecule has 1 aliphatic rings. The van der Waals surface area contributed by atoms with Crippen LogP contribution in [0.3, 0.4) is 0 Å². The summed E-state index contributed by atoms with van der Waals surface area (Å²) in [4.78, 5) is 27.7. The van der Waals surface area contributed by atoms with E-state index in [1.165, 1.54) is 0 Å². The van der Waals surface area contributed by atoms with Gasteiger partial charge < -0.3 is 19.3 Å². The van der Waals surface area contributed by atoms with Crippen LogP contribution >= 0.6 is 11.6 Å². The van der Waals surface area contributed by atoms with Crippen molar-refractivity contribution in [1.82, 2.24) is 9.80 Å². The van der Waals surface area contributed by atoms with E-state index < -0.39 is 0 Å². The van der Waals surface area contributed by atoms with Crippen LogP contribution in [0.5, 0.6) is 5.75 Å². The number of piperazine rings is 1. The van der Waals surface area contributed by atoms with Gasteiger partial charge in [-0.3, -0.25) is 4.79 Å². The molecule has 0 spiro atoms. The zero-order valence-electron chi connectivity index (χ0n) is 14.8. The highest BCUT2D eigenvalue weighted by Gasteiger charge is 2.25. The lowest BCUT2D eigenvalue weighted by Gasteiger charge is -2.34. The highest BCUT2D eigenvalue weighted by Crippen LogP contribution is 2.23. The lowest BCUT2D eigenvalue weighted by molar-refractivity contribution is -0.135. The molecule has 3 rings (SSSR count). The third kappa shape index (κ3) is 5.37. The molecular weight excluding hydrogens is 368 g/mol. The minimum atomic E-state index is -0.363. The first kappa shape index (κ1) is 19.0. The Balaban J connectivity index is 1.40. The number of hydrogen-bond acceptors (Lipinski definition) is 4. The fourth-order valence-electron chi connectivity index (χ4n) is 2.74. The zero-order chi connectivity index (χ0) is 19.1. The molecule has 0 radical (unpaired) electrons. The monoisotopic (exact) mass is 388 g/mol. The van der Waals surface area contributed by atoms with Gasteiger partial charge in [-0.2, -0.15) is 0 Å². The van der Waals surface area contributed by atoms with E-state index in [1.807, 2.05) is 30.3 Å². The van der Waals surface area contributed by atoms with E-state index in [9.17, 15) is 9.59 Å². The van der Waals surface area contributed by atoms with Crippen LogP contribution in [0.15, 0.2) is 54.6 Å². The topological polar surface area (TPSA) is 59.1 Å². The average molecular weight is 389 g/mol. The summed E-state index contributed by atoms with van der Waals surface area (Å²) in [5.74, 6) is 0.350. The van der Waals surface area contributed by atoms with Gasteiger partial charge in [-0.25, -0.2) is 4.79 Å². The van der Waals surface area contributed by atoms with Crippen molar-refractivity contribution < 1.29 is 19.1 Å². The molecule has 0 aliphatic carbocycles. The third-order valence-electron chi connectivity index (χ3n) is 4.28. The first-order valence-corrected chi connectivity index (χ1v) is 9.12. The molecule has 27 heavy (non-hydrogen) atoms. The maximum Gasteiger partial charge on any atom is 0.410 e. The number of rotatable bonds is 5. The van der Waals surface area contributed by atoms with Crippen LogP contribution in [0, 0.1) is 0 Å². The van der Waals surface area contributed by atoms with Gasteiger partial charge in [-0.1, -0.05) is 54.1 Å². The Hall–Kier alpha value is -2.73. The van der Waals surface area contributed by atoms with Gasteiger partial charge in [-0.15, -0.1) is 0 Å². The zero-order valence-corrected chi connectivity index (χ0v) is 15.6. The number of amides is 2. The molecule has 1 heterocycles. The van der Waals surface area contributed by atoms with Gasteiger partial charge in [-0.05, 0) is 17.7 Å². The van der Waals surface area contributed by atoms with Crippen LogP contribution in [0.1, 0.15) is 5.56 Å². The van der Waals surface area contributed by atoms with Gasteiger partial charge in [0.15, 0.2) is 6.61 Å². The fourth-order valence-corrected chi connectivity index (χ4v) is 2.93. The maximum absolute atomic E-state index is 12.3. The van der Waals surface area contributed by atoms with E-state index in [0.29, 0.717) is 37.0 Å². The lowest BCUT2D eigenvalue weighted by Crippen LogP contribution is -2.51. The van der Waals surface area contributed by atoms with E-state index >= 15 is 0 Å². The standard InChI is InChI=1S/C20H21ClN2O4/c21-17-8-4-5-9-18(17)26-15-19(24)22-10-12-23(13-11-22)20(25)27-14-16-6-2-1-3-7-16/h1-9H,10-15H2. The number of hydrogen-bond donors (Lipinski definition) is 0. The summed E-state index contributed by atoms with van der Waals surface area (Å²) in [5.41, 5.74) is 0.941. The SMILES string of the molecule is O=C(COc1ccccc1Cl)N1CCN(C(=O)OCc2ccccc2)CC1. The Kier molecular flexibility index (Phi) is 6.54. The molecule has 2 amide bonds. The Morgan fingerprint density at radius 1 is 0.889 bits per heavy atom. The normalized spacial score (nSPS) is 14.0. The number of carbonyl (C=O) groups is 2. The number of benzene rings is 2. The van der Waals surface area contributed by atoms with Gasteiger partial charge in [0.25, 0.3) is 5.91 Å². The van der Waals surface area contributed by atoms with E-state index in [0.717, 1.165) is 5.56 Å². The molecule has 7 heteroatoms. The number of ether oxygens (including phenoxy) is 2. The van der Waals surface area contributed by atoms with Crippen LogP contribution < -0.4 is 4.74 Å². The highest BCUT2D eigenvalue weighted by atomic mass is 35.5. The van der Waals surface area contributed by atoms with Gasteiger partial charge in [0, 0.05) is 26.2 Å². The summed E-state index contributed by atoms with van der Waals surface area (Å²) < 4.78 is 10.8. The first-order valence-electron chi connectivity index (χ1n) is 8.74. The second kappa shape index (κ2) is 9.28. The molecule has 0 atom stereocenters. The van der Waals surface area contributed by atoms with Crippen molar-refractivity contribution in [2.75, 3.05) is 32.8 Å². The predicted octanol–water partition coefficient (Wildman–Crippen LogP) is 3.20. The molecule has 1 aliphatic heterocycles. The summed E-state index contributed by atoms with van der Waals surface area (Å²) in [7, 11) is 0. The minimum absolute atomic E-state index is 0.0812. The average Bonchev–Trinajstić information content (AvgIpc) is 2.72. The maximum atomic E-state index is 12.3.